The fourth-order valence-corrected chi connectivity index (χ4v) is 2.69. The molecule has 2 heterocycles. The number of carbonyl (C=O) groups is 1. The molecule has 1 fully saturated rings. The van der Waals surface area contributed by atoms with E-state index in [4.69, 9.17) is 0 Å². The van der Waals surface area contributed by atoms with Crippen LogP contribution in [-0.2, 0) is 11.2 Å². The first-order valence-electron chi connectivity index (χ1n) is 6.87. The first-order valence-corrected chi connectivity index (χ1v) is 6.87. The van der Waals surface area contributed by atoms with Crippen LogP contribution in [0.25, 0.3) is 0 Å². The van der Waals surface area contributed by atoms with Gasteiger partial charge in [0.15, 0.2) is 0 Å². The Bertz CT molecular complexity index is 371. The first-order chi connectivity index (χ1) is 8.75. The summed E-state index contributed by atoms with van der Waals surface area (Å²) in [7, 11) is 0. The molecule has 1 aromatic rings. The Morgan fingerprint density at radius 2 is 2.50 bits per heavy atom. The van der Waals surface area contributed by atoms with Crippen molar-refractivity contribution in [2.45, 2.75) is 32.6 Å². The van der Waals surface area contributed by atoms with Gasteiger partial charge in [-0.25, -0.2) is 0 Å². The summed E-state index contributed by atoms with van der Waals surface area (Å²) in [5.41, 5.74) is 1.02. The number of nitrogens with zero attached hydrogens (tertiary/aromatic N) is 1. The monoisotopic (exact) mass is 246 g/mol. The van der Waals surface area contributed by atoms with Gasteiger partial charge in [-0.2, -0.15) is 0 Å². The molecule has 0 bridgehead atoms. The lowest BCUT2D eigenvalue weighted by Gasteiger charge is -2.28. The fraction of sp³-hybridized carbons (Fsp3) is 0.600. The smallest absolute Gasteiger partial charge is 0.137 e. The van der Waals surface area contributed by atoms with Gasteiger partial charge in [-0.3, -0.25) is 9.78 Å². The van der Waals surface area contributed by atoms with E-state index in [2.05, 4.69) is 17.2 Å². The zero-order valence-corrected chi connectivity index (χ0v) is 11.1. The van der Waals surface area contributed by atoms with E-state index < -0.39 is 0 Å². The van der Waals surface area contributed by atoms with Crippen molar-refractivity contribution >= 4 is 5.78 Å². The van der Waals surface area contributed by atoms with E-state index in [0.29, 0.717) is 30.5 Å². The zero-order valence-electron chi connectivity index (χ0n) is 11.1. The van der Waals surface area contributed by atoms with Crippen molar-refractivity contribution in [2.24, 2.45) is 11.8 Å². The first kappa shape index (κ1) is 13.2. The van der Waals surface area contributed by atoms with Crippen molar-refractivity contribution in [3.8, 4) is 0 Å². The average molecular weight is 246 g/mol. The highest BCUT2D eigenvalue weighted by atomic mass is 16.1. The van der Waals surface area contributed by atoms with Crippen molar-refractivity contribution < 1.29 is 4.79 Å². The number of pyridine rings is 1. The molecule has 1 saturated heterocycles. The highest BCUT2D eigenvalue weighted by Crippen LogP contribution is 2.23. The molecule has 3 heteroatoms. The molecule has 0 aliphatic carbocycles. The van der Waals surface area contributed by atoms with E-state index in [9.17, 15) is 4.79 Å². The Labute approximate surface area is 109 Å². The van der Waals surface area contributed by atoms with Crippen LogP contribution in [0.5, 0.6) is 0 Å². The number of piperidine rings is 1. The second-order valence-electron chi connectivity index (χ2n) is 5.36. The van der Waals surface area contributed by atoms with Crippen molar-refractivity contribution in [3.63, 3.8) is 0 Å². The number of ketones is 1. The van der Waals surface area contributed by atoms with E-state index in [1.807, 2.05) is 12.1 Å². The number of carbonyl (C=O) groups excluding carboxylic acids is 1. The Morgan fingerprint density at radius 3 is 3.17 bits per heavy atom. The normalized spacial score (nSPS) is 21.5. The summed E-state index contributed by atoms with van der Waals surface area (Å²) in [6.45, 7) is 4.41. The van der Waals surface area contributed by atoms with Gasteiger partial charge in [0.1, 0.15) is 5.78 Å². The molecular formula is C15H22N2O. The molecule has 1 N–H and O–H groups in total. The van der Waals surface area contributed by atoms with Crippen molar-refractivity contribution in [1.29, 1.82) is 0 Å². The summed E-state index contributed by atoms with van der Waals surface area (Å²) in [6, 6.07) is 3.86. The predicted octanol–water partition coefficient (Wildman–Crippen LogP) is 2.22. The molecule has 0 amide bonds. The summed E-state index contributed by atoms with van der Waals surface area (Å²) in [6.07, 6.45) is 7.24. The molecule has 2 unspecified atom stereocenters. The molecule has 1 aliphatic heterocycles. The SMILES string of the molecule is CC(CC(=O)Cc1cccnc1)C1CCCNC1. The summed E-state index contributed by atoms with van der Waals surface area (Å²) in [4.78, 5) is 16.1. The minimum absolute atomic E-state index is 0.334. The van der Waals surface area contributed by atoms with Gasteiger partial charge in [0.05, 0.1) is 0 Å². The third kappa shape index (κ3) is 3.91. The Balaban J connectivity index is 1.79. The maximum atomic E-state index is 12.0. The number of hydrogen-bond donors (Lipinski definition) is 1. The molecule has 1 aromatic heterocycles. The largest absolute Gasteiger partial charge is 0.316 e. The van der Waals surface area contributed by atoms with E-state index in [0.717, 1.165) is 18.7 Å². The van der Waals surface area contributed by atoms with Gasteiger partial charge < -0.3 is 5.32 Å². The van der Waals surface area contributed by atoms with Crippen LogP contribution >= 0.6 is 0 Å². The fourth-order valence-electron chi connectivity index (χ4n) is 2.69. The van der Waals surface area contributed by atoms with Gasteiger partial charge in [-0.05, 0) is 49.4 Å². The molecule has 1 aliphatic rings. The Kier molecular flexibility index (Phi) is 4.88. The Hall–Kier alpha value is -1.22. The predicted molar refractivity (Wildman–Crippen MR) is 72.3 cm³/mol. The number of aromatic nitrogens is 1. The molecule has 0 saturated carbocycles. The van der Waals surface area contributed by atoms with Crippen LogP contribution in [0.15, 0.2) is 24.5 Å². The summed E-state index contributed by atoms with van der Waals surface area (Å²) < 4.78 is 0. The van der Waals surface area contributed by atoms with Gasteiger partial charge in [-0.15, -0.1) is 0 Å². The molecule has 2 rings (SSSR count). The summed E-state index contributed by atoms with van der Waals surface area (Å²) >= 11 is 0. The zero-order chi connectivity index (χ0) is 12.8. The minimum Gasteiger partial charge on any atom is -0.316 e. The van der Waals surface area contributed by atoms with E-state index >= 15 is 0 Å². The molecular weight excluding hydrogens is 224 g/mol. The standard InChI is InChI=1S/C15H22N2O/c1-12(14-5-3-7-17-11-14)8-15(18)9-13-4-2-6-16-10-13/h2,4,6,10,12,14,17H,3,5,7-9,11H2,1H3. The number of rotatable bonds is 5. The topological polar surface area (TPSA) is 42.0 Å². The van der Waals surface area contributed by atoms with Gasteiger partial charge >= 0.3 is 0 Å². The van der Waals surface area contributed by atoms with Gasteiger partial charge in [0.2, 0.25) is 0 Å². The lowest BCUT2D eigenvalue weighted by molar-refractivity contribution is -0.119. The number of hydrogen-bond acceptors (Lipinski definition) is 3. The van der Waals surface area contributed by atoms with Crippen molar-refractivity contribution in [1.82, 2.24) is 10.3 Å². The summed E-state index contributed by atoms with van der Waals surface area (Å²) in [5.74, 6) is 1.49. The van der Waals surface area contributed by atoms with Crippen LogP contribution in [0.4, 0.5) is 0 Å². The quantitative estimate of drug-likeness (QED) is 0.866. The van der Waals surface area contributed by atoms with Gasteiger partial charge in [-0.1, -0.05) is 13.0 Å². The van der Waals surface area contributed by atoms with Gasteiger partial charge in [0.25, 0.3) is 0 Å². The molecule has 0 spiro atoms. The lowest BCUT2D eigenvalue weighted by atomic mass is 9.84. The third-order valence-electron chi connectivity index (χ3n) is 3.81. The van der Waals surface area contributed by atoms with E-state index in [-0.39, 0.29) is 0 Å². The highest BCUT2D eigenvalue weighted by Gasteiger charge is 2.21. The minimum atomic E-state index is 0.334. The average Bonchev–Trinajstić information content (AvgIpc) is 2.40. The number of nitrogens with one attached hydrogen (secondary N) is 1. The van der Waals surface area contributed by atoms with Crippen LogP contribution in [-0.4, -0.2) is 23.9 Å². The lowest BCUT2D eigenvalue weighted by Crippen LogP contribution is -2.34. The van der Waals surface area contributed by atoms with Gasteiger partial charge in [0, 0.05) is 25.2 Å². The Morgan fingerprint density at radius 1 is 1.61 bits per heavy atom. The maximum absolute atomic E-state index is 12.0. The maximum Gasteiger partial charge on any atom is 0.137 e. The summed E-state index contributed by atoms with van der Waals surface area (Å²) in [5, 5.41) is 3.42. The molecule has 0 radical (unpaired) electrons. The molecule has 98 valence electrons. The molecule has 0 aromatic carbocycles. The van der Waals surface area contributed by atoms with Crippen LogP contribution in [0, 0.1) is 11.8 Å². The highest BCUT2D eigenvalue weighted by molar-refractivity contribution is 5.80. The van der Waals surface area contributed by atoms with Crippen LogP contribution < -0.4 is 5.32 Å². The van der Waals surface area contributed by atoms with Crippen LogP contribution in [0.2, 0.25) is 0 Å². The van der Waals surface area contributed by atoms with E-state index in [1.54, 1.807) is 12.4 Å². The molecule has 3 nitrogen and oxygen atoms in total. The van der Waals surface area contributed by atoms with E-state index in [1.165, 1.54) is 12.8 Å². The van der Waals surface area contributed by atoms with Crippen LogP contribution in [0.1, 0.15) is 31.7 Å². The second-order valence-corrected chi connectivity index (χ2v) is 5.36. The molecule has 18 heavy (non-hydrogen) atoms. The second kappa shape index (κ2) is 6.64. The van der Waals surface area contributed by atoms with Crippen molar-refractivity contribution in [3.05, 3.63) is 30.1 Å². The third-order valence-corrected chi connectivity index (χ3v) is 3.81. The number of Topliss-reactive ketones (excluding diaryl/α,β-unsaturated/α-hetero) is 1. The van der Waals surface area contributed by atoms with Crippen molar-refractivity contribution in [2.75, 3.05) is 13.1 Å². The van der Waals surface area contributed by atoms with Crippen LogP contribution in [0.3, 0.4) is 0 Å². The molecule has 2 atom stereocenters.